The van der Waals surface area contributed by atoms with E-state index in [1.807, 2.05) is 43.5 Å². The molecule has 0 aliphatic carbocycles. The van der Waals surface area contributed by atoms with E-state index in [1.165, 1.54) is 0 Å². The summed E-state index contributed by atoms with van der Waals surface area (Å²) in [5, 5.41) is 4.18. The molecule has 0 spiro atoms. The third-order valence-corrected chi connectivity index (χ3v) is 3.05. The van der Waals surface area contributed by atoms with Crippen LogP contribution in [-0.4, -0.2) is 15.6 Å². The molecule has 0 saturated heterocycles. The highest BCUT2D eigenvalue weighted by atomic mass is 79.9. The Labute approximate surface area is 109 Å². The minimum absolute atomic E-state index is 0.101. The highest BCUT2D eigenvalue weighted by Crippen LogP contribution is 2.19. The summed E-state index contributed by atoms with van der Waals surface area (Å²) in [6.07, 6.45) is 4.25. The summed E-state index contributed by atoms with van der Waals surface area (Å²) in [5.41, 5.74) is 0.728. The van der Waals surface area contributed by atoms with E-state index in [4.69, 9.17) is 0 Å². The smallest absolute Gasteiger partial charge is 0.187 e. The van der Waals surface area contributed by atoms with Crippen molar-refractivity contribution in [2.24, 2.45) is 0 Å². The third-order valence-electron chi connectivity index (χ3n) is 2.64. The van der Waals surface area contributed by atoms with E-state index < -0.39 is 0 Å². The molecule has 2 aromatic rings. The van der Waals surface area contributed by atoms with Gasteiger partial charge in [0.1, 0.15) is 6.04 Å². The van der Waals surface area contributed by atoms with Crippen molar-refractivity contribution in [2.75, 3.05) is 0 Å². The lowest BCUT2D eigenvalue weighted by Gasteiger charge is -2.14. The summed E-state index contributed by atoms with van der Waals surface area (Å²) >= 11 is 3.34. The van der Waals surface area contributed by atoms with E-state index in [1.54, 1.807) is 10.9 Å². The number of rotatable bonds is 4. The summed E-state index contributed by atoms with van der Waals surface area (Å²) in [6, 6.07) is 9.09. The van der Waals surface area contributed by atoms with Crippen LogP contribution in [-0.2, 0) is 0 Å². The van der Waals surface area contributed by atoms with Crippen LogP contribution in [0, 0.1) is 0 Å². The Hall–Kier alpha value is -1.42. The third kappa shape index (κ3) is 2.64. The molecule has 0 fully saturated rings. The van der Waals surface area contributed by atoms with Crippen LogP contribution in [0.2, 0.25) is 0 Å². The second kappa shape index (κ2) is 5.27. The Kier molecular flexibility index (Phi) is 3.74. The molecule has 1 aromatic carbocycles. The van der Waals surface area contributed by atoms with Gasteiger partial charge in [-0.2, -0.15) is 5.10 Å². The quantitative estimate of drug-likeness (QED) is 0.809. The van der Waals surface area contributed by atoms with Crippen molar-refractivity contribution in [3.05, 3.63) is 52.8 Å². The topological polar surface area (TPSA) is 34.9 Å². The van der Waals surface area contributed by atoms with Gasteiger partial charge in [-0.15, -0.1) is 0 Å². The molecule has 0 saturated carbocycles. The largest absolute Gasteiger partial charge is 0.292 e. The maximum atomic E-state index is 12.3. The van der Waals surface area contributed by atoms with Gasteiger partial charge < -0.3 is 0 Å². The van der Waals surface area contributed by atoms with E-state index >= 15 is 0 Å². The van der Waals surface area contributed by atoms with Gasteiger partial charge >= 0.3 is 0 Å². The number of hydrogen-bond acceptors (Lipinski definition) is 2. The minimum atomic E-state index is -0.233. The van der Waals surface area contributed by atoms with Gasteiger partial charge in [-0.05, 0) is 22.4 Å². The van der Waals surface area contributed by atoms with Gasteiger partial charge in [0.15, 0.2) is 5.78 Å². The van der Waals surface area contributed by atoms with Crippen LogP contribution in [0.3, 0.4) is 0 Å². The maximum Gasteiger partial charge on any atom is 0.187 e. The Bertz CT molecular complexity index is 507. The zero-order chi connectivity index (χ0) is 12.3. The molecule has 0 bridgehead atoms. The number of ketones is 1. The Balaban J connectivity index is 2.28. The summed E-state index contributed by atoms with van der Waals surface area (Å²) in [6.45, 7) is 1.99. The van der Waals surface area contributed by atoms with Crippen LogP contribution in [0.5, 0.6) is 0 Å². The molecule has 1 aromatic heterocycles. The van der Waals surface area contributed by atoms with Gasteiger partial charge in [0.05, 0.1) is 10.7 Å². The molecule has 0 radical (unpaired) electrons. The van der Waals surface area contributed by atoms with E-state index in [0.717, 1.165) is 16.5 Å². The van der Waals surface area contributed by atoms with Crippen LogP contribution >= 0.6 is 15.9 Å². The highest BCUT2D eigenvalue weighted by molar-refractivity contribution is 9.10. The highest BCUT2D eigenvalue weighted by Gasteiger charge is 2.20. The Morgan fingerprint density at radius 1 is 1.41 bits per heavy atom. The van der Waals surface area contributed by atoms with Crippen molar-refractivity contribution >= 4 is 21.7 Å². The Morgan fingerprint density at radius 2 is 2.12 bits per heavy atom. The predicted octanol–water partition coefficient (Wildman–Crippen LogP) is 3.48. The predicted molar refractivity (Wildman–Crippen MR) is 70.0 cm³/mol. The average molecular weight is 293 g/mol. The SMILES string of the molecule is CCC(C(=O)c1ccccc1)n1cc(Br)cn1. The fraction of sp³-hybridized carbons (Fsp3) is 0.231. The van der Waals surface area contributed by atoms with E-state index in [0.29, 0.717) is 0 Å². The van der Waals surface area contributed by atoms with Crippen LogP contribution in [0.1, 0.15) is 29.7 Å². The van der Waals surface area contributed by atoms with Gasteiger partial charge in [0.2, 0.25) is 0 Å². The molecule has 1 atom stereocenters. The number of carbonyl (C=O) groups is 1. The van der Waals surface area contributed by atoms with Crippen molar-refractivity contribution in [2.45, 2.75) is 19.4 Å². The molecule has 0 aliphatic rings. The minimum Gasteiger partial charge on any atom is -0.292 e. The molecule has 4 heteroatoms. The standard InChI is InChI=1S/C13H13BrN2O/c1-2-12(16-9-11(14)8-15-16)13(17)10-6-4-3-5-7-10/h3-9,12H,2H2,1H3. The molecule has 88 valence electrons. The van der Waals surface area contributed by atoms with Gasteiger partial charge in [0, 0.05) is 11.8 Å². The lowest BCUT2D eigenvalue weighted by Crippen LogP contribution is -2.19. The van der Waals surface area contributed by atoms with E-state index in [2.05, 4.69) is 21.0 Å². The second-order valence-electron chi connectivity index (χ2n) is 3.79. The van der Waals surface area contributed by atoms with Crippen LogP contribution in [0.15, 0.2) is 47.2 Å². The number of carbonyl (C=O) groups excluding carboxylic acids is 1. The van der Waals surface area contributed by atoms with E-state index in [9.17, 15) is 4.79 Å². The molecule has 0 aliphatic heterocycles. The van der Waals surface area contributed by atoms with Crippen molar-refractivity contribution in [3.63, 3.8) is 0 Å². The molecule has 17 heavy (non-hydrogen) atoms. The van der Waals surface area contributed by atoms with Crippen molar-refractivity contribution in [1.82, 2.24) is 9.78 Å². The zero-order valence-electron chi connectivity index (χ0n) is 9.51. The zero-order valence-corrected chi connectivity index (χ0v) is 11.1. The van der Waals surface area contributed by atoms with Crippen LogP contribution < -0.4 is 0 Å². The lowest BCUT2D eigenvalue weighted by molar-refractivity contribution is 0.0914. The fourth-order valence-corrected chi connectivity index (χ4v) is 2.07. The molecule has 0 N–H and O–H groups in total. The lowest BCUT2D eigenvalue weighted by atomic mass is 10.0. The summed E-state index contributed by atoms with van der Waals surface area (Å²) < 4.78 is 2.59. The fourth-order valence-electron chi connectivity index (χ4n) is 1.77. The maximum absolute atomic E-state index is 12.3. The van der Waals surface area contributed by atoms with Crippen molar-refractivity contribution < 1.29 is 4.79 Å². The van der Waals surface area contributed by atoms with Gasteiger partial charge in [-0.3, -0.25) is 9.48 Å². The van der Waals surface area contributed by atoms with Gasteiger partial charge in [-0.1, -0.05) is 37.3 Å². The number of nitrogens with zero attached hydrogens (tertiary/aromatic N) is 2. The number of benzene rings is 1. The average Bonchev–Trinajstić information content (AvgIpc) is 2.78. The first-order valence-electron chi connectivity index (χ1n) is 5.51. The normalized spacial score (nSPS) is 12.4. The Morgan fingerprint density at radius 3 is 2.65 bits per heavy atom. The molecule has 2 rings (SSSR count). The van der Waals surface area contributed by atoms with Gasteiger partial charge in [-0.25, -0.2) is 0 Å². The van der Waals surface area contributed by atoms with Crippen LogP contribution in [0.25, 0.3) is 0 Å². The molecule has 1 heterocycles. The number of Topliss-reactive ketones (excluding diaryl/α,β-unsaturated/α-hetero) is 1. The molecular weight excluding hydrogens is 280 g/mol. The molecular formula is C13H13BrN2O. The van der Waals surface area contributed by atoms with Crippen LogP contribution in [0.4, 0.5) is 0 Å². The molecule has 1 unspecified atom stereocenters. The summed E-state index contributed by atoms with van der Waals surface area (Å²) in [5.74, 6) is 0.101. The first-order chi connectivity index (χ1) is 8.22. The van der Waals surface area contributed by atoms with Crippen molar-refractivity contribution in [1.29, 1.82) is 0 Å². The first kappa shape index (κ1) is 12.0. The first-order valence-corrected chi connectivity index (χ1v) is 6.30. The monoisotopic (exact) mass is 292 g/mol. The number of hydrogen-bond donors (Lipinski definition) is 0. The number of halogens is 1. The summed E-state index contributed by atoms with van der Waals surface area (Å²) in [7, 11) is 0. The second-order valence-corrected chi connectivity index (χ2v) is 4.71. The molecule has 0 amide bonds. The number of aromatic nitrogens is 2. The van der Waals surface area contributed by atoms with E-state index in [-0.39, 0.29) is 11.8 Å². The molecule has 3 nitrogen and oxygen atoms in total. The van der Waals surface area contributed by atoms with Crippen molar-refractivity contribution in [3.8, 4) is 0 Å². The summed E-state index contributed by atoms with van der Waals surface area (Å²) in [4.78, 5) is 12.3. The van der Waals surface area contributed by atoms with Gasteiger partial charge in [0.25, 0.3) is 0 Å².